The molecule has 0 saturated carbocycles. The topological polar surface area (TPSA) is 108 Å². The first kappa shape index (κ1) is 21.5. The summed E-state index contributed by atoms with van der Waals surface area (Å²) < 4.78 is 0. The number of aryl methyl sites for hydroxylation is 1. The number of fused-ring (bicyclic) bond motifs is 1. The van der Waals surface area contributed by atoms with E-state index < -0.39 is 17.5 Å². The van der Waals surface area contributed by atoms with E-state index in [1.54, 1.807) is 18.2 Å². The van der Waals surface area contributed by atoms with Crippen molar-refractivity contribution in [2.75, 3.05) is 5.32 Å². The fourth-order valence-corrected chi connectivity index (χ4v) is 4.44. The highest BCUT2D eigenvalue weighted by Crippen LogP contribution is 2.30. The molecule has 2 aliphatic heterocycles. The van der Waals surface area contributed by atoms with Gasteiger partial charge in [0, 0.05) is 24.2 Å². The van der Waals surface area contributed by atoms with Gasteiger partial charge in [0.1, 0.15) is 6.04 Å². The van der Waals surface area contributed by atoms with E-state index >= 15 is 0 Å². The average molecular weight is 434 g/mol. The first-order valence-electron chi connectivity index (χ1n) is 10.6. The summed E-state index contributed by atoms with van der Waals surface area (Å²) in [5.41, 5.74) is 3.32. The standard InChI is InChI=1S/C24H26N4O4/c1-14-6-4-5-7-18(14)24(2,3)27-23(32)25-16-8-9-17-15(12-16)13-28(22(17)31)19-10-11-20(29)26-21(19)30/h4-9,12,19H,10-11,13H2,1-3H3,(H2,25,27,32)(H,26,29,30). The van der Waals surface area contributed by atoms with Gasteiger partial charge in [0.15, 0.2) is 0 Å². The first-order valence-corrected chi connectivity index (χ1v) is 10.6. The molecule has 8 heteroatoms. The van der Waals surface area contributed by atoms with Crippen molar-refractivity contribution in [3.63, 3.8) is 0 Å². The van der Waals surface area contributed by atoms with Gasteiger partial charge >= 0.3 is 6.03 Å². The highest BCUT2D eigenvalue weighted by atomic mass is 16.2. The molecule has 2 heterocycles. The number of hydrogen-bond acceptors (Lipinski definition) is 4. The third-order valence-corrected chi connectivity index (χ3v) is 6.03. The third kappa shape index (κ3) is 4.08. The lowest BCUT2D eigenvalue weighted by Gasteiger charge is -2.29. The highest BCUT2D eigenvalue weighted by molar-refractivity contribution is 6.05. The van der Waals surface area contributed by atoms with Crippen LogP contribution in [-0.2, 0) is 21.7 Å². The minimum Gasteiger partial charge on any atom is -0.329 e. The molecular formula is C24H26N4O4. The van der Waals surface area contributed by atoms with Gasteiger partial charge < -0.3 is 15.5 Å². The Bertz CT molecular complexity index is 1120. The summed E-state index contributed by atoms with van der Waals surface area (Å²) in [7, 11) is 0. The van der Waals surface area contributed by atoms with Gasteiger partial charge in [0.2, 0.25) is 11.8 Å². The summed E-state index contributed by atoms with van der Waals surface area (Å²) >= 11 is 0. The number of benzene rings is 2. The Morgan fingerprint density at radius 2 is 1.88 bits per heavy atom. The molecule has 2 aromatic carbocycles. The number of imide groups is 1. The normalized spacial score (nSPS) is 18.3. The van der Waals surface area contributed by atoms with E-state index in [-0.39, 0.29) is 30.8 Å². The first-order chi connectivity index (χ1) is 15.2. The molecule has 0 aliphatic carbocycles. The van der Waals surface area contributed by atoms with Gasteiger partial charge in [-0.2, -0.15) is 0 Å². The number of rotatable bonds is 4. The van der Waals surface area contributed by atoms with Gasteiger partial charge in [-0.05, 0) is 62.1 Å². The molecule has 1 atom stereocenters. The van der Waals surface area contributed by atoms with Gasteiger partial charge in [-0.25, -0.2) is 4.79 Å². The van der Waals surface area contributed by atoms with Crippen LogP contribution in [-0.4, -0.2) is 34.7 Å². The molecule has 3 N–H and O–H groups in total. The van der Waals surface area contributed by atoms with Crippen molar-refractivity contribution in [1.82, 2.24) is 15.5 Å². The van der Waals surface area contributed by atoms with Crippen molar-refractivity contribution in [3.8, 4) is 0 Å². The van der Waals surface area contributed by atoms with Crippen molar-refractivity contribution in [3.05, 3.63) is 64.7 Å². The van der Waals surface area contributed by atoms with Crippen molar-refractivity contribution in [2.24, 2.45) is 0 Å². The fraction of sp³-hybridized carbons (Fsp3) is 0.333. The summed E-state index contributed by atoms with van der Waals surface area (Å²) in [5, 5.41) is 8.13. The maximum absolute atomic E-state index is 12.8. The second-order valence-electron chi connectivity index (χ2n) is 8.79. The van der Waals surface area contributed by atoms with Crippen LogP contribution in [0.4, 0.5) is 10.5 Å². The van der Waals surface area contributed by atoms with E-state index in [4.69, 9.17) is 0 Å². The lowest BCUT2D eigenvalue weighted by Crippen LogP contribution is -2.52. The molecule has 32 heavy (non-hydrogen) atoms. The smallest absolute Gasteiger partial charge is 0.319 e. The molecule has 0 aromatic heterocycles. The second-order valence-corrected chi connectivity index (χ2v) is 8.79. The Morgan fingerprint density at radius 3 is 2.59 bits per heavy atom. The van der Waals surface area contributed by atoms with Crippen LogP contribution in [0.3, 0.4) is 0 Å². The van der Waals surface area contributed by atoms with Gasteiger partial charge in [-0.1, -0.05) is 24.3 Å². The molecule has 1 unspecified atom stereocenters. The number of hydrogen-bond donors (Lipinski definition) is 3. The fourth-order valence-electron chi connectivity index (χ4n) is 4.44. The van der Waals surface area contributed by atoms with Crippen LogP contribution < -0.4 is 16.0 Å². The molecule has 2 aromatic rings. The molecule has 4 rings (SSSR count). The van der Waals surface area contributed by atoms with Crippen molar-refractivity contribution in [2.45, 2.75) is 51.7 Å². The third-order valence-electron chi connectivity index (χ3n) is 6.03. The Morgan fingerprint density at radius 1 is 1.12 bits per heavy atom. The quantitative estimate of drug-likeness (QED) is 0.643. The van der Waals surface area contributed by atoms with Crippen LogP contribution in [0.15, 0.2) is 42.5 Å². The molecule has 0 radical (unpaired) electrons. The van der Waals surface area contributed by atoms with Gasteiger partial charge in [-0.15, -0.1) is 0 Å². The SMILES string of the molecule is Cc1ccccc1C(C)(C)NC(=O)Nc1ccc2c(c1)CN(C1CCC(=O)NC1=O)C2=O. The largest absolute Gasteiger partial charge is 0.329 e. The zero-order valence-corrected chi connectivity index (χ0v) is 18.3. The maximum atomic E-state index is 12.8. The van der Waals surface area contributed by atoms with Crippen LogP contribution in [0.5, 0.6) is 0 Å². The number of nitrogens with one attached hydrogen (secondary N) is 3. The molecule has 8 nitrogen and oxygen atoms in total. The van der Waals surface area contributed by atoms with E-state index in [0.717, 1.165) is 16.7 Å². The number of urea groups is 1. The van der Waals surface area contributed by atoms with Crippen molar-refractivity contribution < 1.29 is 19.2 Å². The number of nitrogens with zero attached hydrogens (tertiary/aromatic N) is 1. The van der Waals surface area contributed by atoms with E-state index in [9.17, 15) is 19.2 Å². The maximum Gasteiger partial charge on any atom is 0.319 e. The zero-order chi connectivity index (χ0) is 23.0. The number of piperidine rings is 1. The summed E-state index contributed by atoms with van der Waals surface area (Å²) in [6.07, 6.45) is 0.520. The Kier molecular flexibility index (Phi) is 5.46. The van der Waals surface area contributed by atoms with Crippen LogP contribution >= 0.6 is 0 Å². The van der Waals surface area contributed by atoms with Crippen molar-refractivity contribution in [1.29, 1.82) is 0 Å². The number of carbonyl (C=O) groups excluding carboxylic acids is 4. The van der Waals surface area contributed by atoms with E-state index in [1.165, 1.54) is 4.90 Å². The molecule has 2 aliphatic rings. The molecule has 0 bridgehead atoms. The predicted octanol–water partition coefficient (Wildman–Crippen LogP) is 2.81. The minimum absolute atomic E-state index is 0.209. The van der Waals surface area contributed by atoms with E-state index in [0.29, 0.717) is 17.7 Å². The molecule has 0 spiro atoms. The van der Waals surface area contributed by atoms with Crippen LogP contribution in [0.1, 0.15) is 53.7 Å². The van der Waals surface area contributed by atoms with Gasteiger partial charge in [0.05, 0.1) is 5.54 Å². The molecular weight excluding hydrogens is 408 g/mol. The second kappa shape index (κ2) is 8.11. The summed E-state index contributed by atoms with van der Waals surface area (Å²) in [5.74, 6) is -1.01. The van der Waals surface area contributed by atoms with Gasteiger partial charge in [0.25, 0.3) is 5.91 Å². The summed E-state index contributed by atoms with van der Waals surface area (Å²) in [6, 6.07) is 11.9. The lowest BCUT2D eigenvalue weighted by molar-refractivity contribution is -0.136. The molecule has 5 amide bonds. The van der Waals surface area contributed by atoms with Crippen LogP contribution in [0, 0.1) is 6.92 Å². The van der Waals surface area contributed by atoms with E-state index in [1.807, 2.05) is 45.0 Å². The van der Waals surface area contributed by atoms with E-state index in [2.05, 4.69) is 16.0 Å². The number of carbonyl (C=O) groups is 4. The van der Waals surface area contributed by atoms with Gasteiger partial charge in [-0.3, -0.25) is 19.7 Å². The molecule has 1 fully saturated rings. The molecule has 166 valence electrons. The van der Waals surface area contributed by atoms with Crippen LogP contribution in [0.2, 0.25) is 0 Å². The summed E-state index contributed by atoms with van der Waals surface area (Å²) in [4.78, 5) is 50.5. The molecule has 1 saturated heterocycles. The zero-order valence-electron chi connectivity index (χ0n) is 18.3. The number of amides is 5. The monoisotopic (exact) mass is 434 g/mol. The highest BCUT2D eigenvalue weighted by Gasteiger charge is 2.39. The minimum atomic E-state index is -0.665. The van der Waals surface area contributed by atoms with Crippen molar-refractivity contribution >= 4 is 29.4 Å². The van der Waals surface area contributed by atoms with Crippen LogP contribution in [0.25, 0.3) is 0 Å². The predicted molar refractivity (Wildman–Crippen MR) is 119 cm³/mol. The Balaban J connectivity index is 1.45. The Hall–Kier alpha value is -3.68. The average Bonchev–Trinajstić information content (AvgIpc) is 3.03. The Labute approximate surface area is 186 Å². The summed E-state index contributed by atoms with van der Waals surface area (Å²) in [6.45, 7) is 6.14. The number of anilines is 1. The lowest BCUT2D eigenvalue weighted by atomic mass is 9.90.